The summed E-state index contributed by atoms with van der Waals surface area (Å²) in [6.07, 6.45) is 0.718. The Hall–Kier alpha value is -3.94. The number of hydrogen-bond donors (Lipinski definition) is 1. The number of nitrogens with zero attached hydrogens (tertiary/aromatic N) is 2. The molecule has 0 aromatic heterocycles. The second-order valence-corrected chi connectivity index (χ2v) is 12.4. The van der Waals surface area contributed by atoms with Crippen LogP contribution in [0, 0.1) is 6.92 Å². The third kappa shape index (κ3) is 7.00. The van der Waals surface area contributed by atoms with E-state index in [2.05, 4.69) is 25.7 Å². The molecule has 3 aromatic rings. The van der Waals surface area contributed by atoms with Crippen LogP contribution in [-0.4, -0.2) is 66.0 Å². The largest absolute Gasteiger partial charge is 0.507 e. The van der Waals surface area contributed by atoms with Gasteiger partial charge in [0.25, 0.3) is 11.7 Å². The van der Waals surface area contributed by atoms with Crippen LogP contribution in [0.3, 0.4) is 0 Å². The molecule has 2 heterocycles. The molecule has 1 amide bonds. The van der Waals surface area contributed by atoms with Gasteiger partial charge in [-0.1, -0.05) is 75.4 Å². The lowest BCUT2D eigenvalue weighted by Crippen LogP contribution is -2.39. The van der Waals surface area contributed by atoms with E-state index in [4.69, 9.17) is 9.47 Å². The third-order valence-electron chi connectivity index (χ3n) is 8.31. The van der Waals surface area contributed by atoms with Crippen LogP contribution in [0.25, 0.3) is 5.76 Å². The lowest BCUT2D eigenvalue weighted by Gasteiger charge is -2.29. The van der Waals surface area contributed by atoms with Gasteiger partial charge in [-0.15, -0.1) is 0 Å². The van der Waals surface area contributed by atoms with Crippen LogP contribution in [0.5, 0.6) is 5.75 Å². The summed E-state index contributed by atoms with van der Waals surface area (Å²) in [7, 11) is 0. The average Bonchev–Trinajstić information content (AvgIpc) is 3.25. The molecule has 226 valence electrons. The standard InChI is InChI=1S/C36H42N2O5/c1-25-23-29(43-24-26-9-6-5-7-10-26)15-16-30(25)33(39)31-32(27-11-13-28(14-12-27)36(2,3)4)38(35(41)34(31)40)18-8-17-37-19-21-42-22-20-37/h5-7,9-16,23,32,39H,8,17-22,24H2,1-4H3/t32-/m1/s1. The number of ether oxygens (including phenoxy) is 2. The number of amides is 1. The van der Waals surface area contributed by atoms with Crippen molar-refractivity contribution >= 4 is 17.4 Å². The van der Waals surface area contributed by atoms with Gasteiger partial charge in [0.2, 0.25) is 0 Å². The van der Waals surface area contributed by atoms with Crippen LogP contribution in [0.15, 0.2) is 78.4 Å². The minimum Gasteiger partial charge on any atom is -0.507 e. The smallest absolute Gasteiger partial charge is 0.295 e. The first-order valence-corrected chi connectivity index (χ1v) is 15.1. The number of ketones is 1. The minimum atomic E-state index is -0.674. The molecule has 0 spiro atoms. The Morgan fingerprint density at radius 3 is 2.30 bits per heavy atom. The van der Waals surface area contributed by atoms with Gasteiger partial charge in [-0.3, -0.25) is 14.5 Å². The van der Waals surface area contributed by atoms with E-state index in [0.29, 0.717) is 37.7 Å². The summed E-state index contributed by atoms with van der Waals surface area (Å²) in [5.41, 5.74) is 4.36. The van der Waals surface area contributed by atoms with Gasteiger partial charge < -0.3 is 19.5 Å². The molecule has 0 aliphatic carbocycles. The fraction of sp³-hybridized carbons (Fsp3) is 0.389. The summed E-state index contributed by atoms with van der Waals surface area (Å²) in [5, 5.41) is 11.7. The summed E-state index contributed by atoms with van der Waals surface area (Å²) in [4.78, 5) is 31.0. The summed E-state index contributed by atoms with van der Waals surface area (Å²) < 4.78 is 11.4. The topological polar surface area (TPSA) is 79.3 Å². The molecule has 43 heavy (non-hydrogen) atoms. The van der Waals surface area contributed by atoms with Crippen LogP contribution in [-0.2, 0) is 26.3 Å². The number of carbonyl (C=O) groups is 2. The summed E-state index contributed by atoms with van der Waals surface area (Å²) >= 11 is 0. The van der Waals surface area contributed by atoms with E-state index in [-0.39, 0.29) is 16.7 Å². The normalized spacial score (nSPS) is 19.2. The number of aryl methyl sites for hydroxylation is 1. The monoisotopic (exact) mass is 582 g/mol. The van der Waals surface area contributed by atoms with Crippen molar-refractivity contribution in [2.45, 2.75) is 52.2 Å². The zero-order valence-corrected chi connectivity index (χ0v) is 25.6. The lowest BCUT2D eigenvalue weighted by atomic mass is 9.85. The zero-order valence-electron chi connectivity index (χ0n) is 25.6. The first-order valence-electron chi connectivity index (χ1n) is 15.1. The number of hydrogen-bond acceptors (Lipinski definition) is 6. The van der Waals surface area contributed by atoms with Crippen molar-refractivity contribution in [3.63, 3.8) is 0 Å². The summed E-state index contributed by atoms with van der Waals surface area (Å²) in [6, 6.07) is 22.7. The van der Waals surface area contributed by atoms with E-state index < -0.39 is 17.7 Å². The fourth-order valence-electron chi connectivity index (χ4n) is 5.79. The Bertz CT molecular complexity index is 1470. The Balaban J connectivity index is 1.45. The third-order valence-corrected chi connectivity index (χ3v) is 8.31. The molecule has 0 unspecified atom stereocenters. The molecule has 2 aliphatic heterocycles. The Morgan fingerprint density at radius 1 is 0.953 bits per heavy atom. The number of Topliss-reactive ketones (excluding diaryl/α,β-unsaturated/α-hetero) is 1. The molecule has 1 atom stereocenters. The van der Waals surface area contributed by atoms with E-state index >= 15 is 0 Å². The highest BCUT2D eigenvalue weighted by Crippen LogP contribution is 2.41. The first kappa shape index (κ1) is 30.5. The van der Waals surface area contributed by atoms with Crippen molar-refractivity contribution in [3.8, 4) is 5.75 Å². The minimum absolute atomic E-state index is 0.0417. The molecule has 2 aliphatic rings. The van der Waals surface area contributed by atoms with Gasteiger partial charge in [-0.25, -0.2) is 0 Å². The van der Waals surface area contributed by atoms with E-state index in [1.165, 1.54) is 0 Å². The highest BCUT2D eigenvalue weighted by Gasteiger charge is 2.46. The molecule has 0 radical (unpaired) electrons. The number of aliphatic hydroxyl groups excluding tert-OH is 1. The van der Waals surface area contributed by atoms with Crippen molar-refractivity contribution in [3.05, 3.63) is 106 Å². The lowest BCUT2D eigenvalue weighted by molar-refractivity contribution is -0.140. The van der Waals surface area contributed by atoms with Crippen molar-refractivity contribution in [2.75, 3.05) is 39.4 Å². The average molecular weight is 583 g/mol. The predicted molar refractivity (Wildman–Crippen MR) is 168 cm³/mol. The number of likely N-dealkylation sites (tertiary alicyclic amines) is 1. The van der Waals surface area contributed by atoms with Gasteiger partial charge in [0.15, 0.2) is 0 Å². The molecule has 1 N–H and O–H groups in total. The van der Waals surface area contributed by atoms with Crippen molar-refractivity contribution in [2.24, 2.45) is 0 Å². The highest BCUT2D eigenvalue weighted by molar-refractivity contribution is 6.46. The first-order chi connectivity index (χ1) is 20.6. The molecule has 2 fully saturated rings. The van der Waals surface area contributed by atoms with Crippen molar-refractivity contribution in [1.82, 2.24) is 9.80 Å². The molecular formula is C36H42N2O5. The van der Waals surface area contributed by atoms with Gasteiger partial charge in [-0.2, -0.15) is 0 Å². The number of rotatable bonds is 9. The van der Waals surface area contributed by atoms with Gasteiger partial charge in [0.1, 0.15) is 18.1 Å². The summed E-state index contributed by atoms with van der Waals surface area (Å²) in [6.45, 7) is 13.1. The fourth-order valence-corrected chi connectivity index (χ4v) is 5.79. The maximum Gasteiger partial charge on any atom is 0.295 e. The molecular weight excluding hydrogens is 540 g/mol. The van der Waals surface area contributed by atoms with Gasteiger partial charge in [0, 0.05) is 31.7 Å². The van der Waals surface area contributed by atoms with Crippen LogP contribution in [0.2, 0.25) is 0 Å². The van der Waals surface area contributed by atoms with Crippen LogP contribution >= 0.6 is 0 Å². The number of carbonyl (C=O) groups excluding carboxylic acids is 2. The second-order valence-electron chi connectivity index (χ2n) is 12.4. The van der Waals surface area contributed by atoms with Crippen molar-refractivity contribution in [1.29, 1.82) is 0 Å². The predicted octanol–water partition coefficient (Wildman–Crippen LogP) is 6.02. The molecule has 5 rings (SSSR count). The van der Waals surface area contributed by atoms with Crippen LogP contribution < -0.4 is 4.74 Å². The zero-order chi connectivity index (χ0) is 30.6. The molecule has 0 bridgehead atoms. The number of benzene rings is 3. The molecule has 3 aromatic carbocycles. The van der Waals surface area contributed by atoms with Crippen LogP contribution in [0.1, 0.15) is 61.1 Å². The Kier molecular flexibility index (Phi) is 9.33. The van der Waals surface area contributed by atoms with Gasteiger partial charge in [0.05, 0.1) is 24.8 Å². The molecule has 0 saturated carbocycles. The van der Waals surface area contributed by atoms with E-state index in [9.17, 15) is 14.7 Å². The van der Waals surface area contributed by atoms with Gasteiger partial charge >= 0.3 is 0 Å². The molecule has 2 saturated heterocycles. The van der Waals surface area contributed by atoms with Crippen molar-refractivity contribution < 1.29 is 24.2 Å². The Morgan fingerprint density at radius 2 is 1.65 bits per heavy atom. The molecule has 7 heteroatoms. The molecule has 7 nitrogen and oxygen atoms in total. The van der Waals surface area contributed by atoms with Crippen LogP contribution in [0.4, 0.5) is 0 Å². The quantitative estimate of drug-likeness (QED) is 0.189. The Labute approximate surface area is 254 Å². The van der Waals surface area contributed by atoms with E-state index in [0.717, 1.165) is 48.3 Å². The maximum atomic E-state index is 13.6. The summed E-state index contributed by atoms with van der Waals surface area (Å²) in [5.74, 6) is -0.728. The highest BCUT2D eigenvalue weighted by atomic mass is 16.5. The number of aliphatic hydroxyl groups is 1. The van der Waals surface area contributed by atoms with Gasteiger partial charge in [-0.05, 0) is 59.2 Å². The SMILES string of the molecule is Cc1cc(OCc2ccccc2)ccc1C(O)=C1C(=O)C(=O)N(CCCN2CCOCC2)[C@@H]1c1ccc(C(C)(C)C)cc1. The second kappa shape index (κ2) is 13.1. The van der Waals surface area contributed by atoms with E-state index in [1.54, 1.807) is 17.0 Å². The maximum absolute atomic E-state index is 13.6. The van der Waals surface area contributed by atoms with E-state index in [1.807, 2.05) is 67.6 Å². The number of morpholine rings is 1.